The monoisotopic (exact) mass is 823 g/mol. The Kier molecular flexibility index (Phi) is 10.8. The molecule has 4 saturated heterocycles. The van der Waals surface area contributed by atoms with Gasteiger partial charge in [0.25, 0.3) is 11.8 Å². The van der Waals surface area contributed by atoms with Crippen LogP contribution in [-0.4, -0.2) is 136 Å². The Balaban J connectivity index is 0.728. The number of benzene rings is 2. The Morgan fingerprint density at radius 2 is 1.59 bits per heavy atom. The maximum absolute atomic E-state index is 13.6. The van der Waals surface area contributed by atoms with E-state index in [-0.39, 0.29) is 37.3 Å². The third kappa shape index (κ3) is 7.74. The topological polar surface area (TPSA) is 160 Å². The highest BCUT2D eigenvalue weighted by molar-refractivity contribution is 6.23. The zero-order chi connectivity index (χ0) is 42.4. The summed E-state index contributed by atoms with van der Waals surface area (Å²) in [6.45, 7) is 19.1. The van der Waals surface area contributed by atoms with Crippen LogP contribution in [0.25, 0.3) is 15.7 Å². The van der Waals surface area contributed by atoms with Crippen LogP contribution in [-0.2, 0) is 20.8 Å². The van der Waals surface area contributed by atoms with Gasteiger partial charge in [-0.1, -0.05) is 12.1 Å². The number of anilines is 3. The van der Waals surface area contributed by atoms with Crippen molar-refractivity contribution in [3.63, 3.8) is 0 Å². The summed E-state index contributed by atoms with van der Waals surface area (Å²) in [4.78, 5) is 94.0. The Hall–Kier alpha value is -6.47. The highest BCUT2D eigenvalue weighted by Crippen LogP contribution is 2.36. The molecule has 5 amide bonds. The fourth-order valence-electron chi connectivity index (χ4n) is 9.70. The van der Waals surface area contributed by atoms with Crippen molar-refractivity contribution in [1.29, 1.82) is 0 Å². The number of imide groups is 2. The normalized spacial score (nSPS) is 22.8. The van der Waals surface area contributed by atoms with E-state index in [1.54, 1.807) is 30.7 Å². The summed E-state index contributed by atoms with van der Waals surface area (Å²) in [7, 11) is 0. The number of hydrogen-bond acceptors (Lipinski definition) is 12. The summed E-state index contributed by atoms with van der Waals surface area (Å²) in [5, 5.41) is 3.19. The van der Waals surface area contributed by atoms with E-state index in [0.29, 0.717) is 47.3 Å². The van der Waals surface area contributed by atoms with E-state index in [1.807, 2.05) is 35.2 Å². The molecule has 3 atom stereocenters. The van der Waals surface area contributed by atoms with Crippen LogP contribution in [0.4, 0.5) is 23.0 Å². The summed E-state index contributed by atoms with van der Waals surface area (Å²) >= 11 is 0. The van der Waals surface area contributed by atoms with Crippen LogP contribution in [0.5, 0.6) is 0 Å². The fourth-order valence-corrected chi connectivity index (χ4v) is 9.70. The minimum atomic E-state index is -0.976. The third-order valence-corrected chi connectivity index (χ3v) is 13.1. The van der Waals surface area contributed by atoms with Gasteiger partial charge in [-0.15, -0.1) is 0 Å². The quantitative estimate of drug-likeness (QED) is 0.203. The van der Waals surface area contributed by atoms with E-state index in [1.165, 1.54) is 0 Å². The smallest absolute Gasteiger partial charge is 0.262 e. The number of hydrogen-bond donors (Lipinski definition) is 1. The second kappa shape index (κ2) is 16.5. The van der Waals surface area contributed by atoms with E-state index in [9.17, 15) is 24.0 Å². The highest BCUT2D eigenvalue weighted by atomic mass is 16.2. The highest BCUT2D eigenvalue weighted by Gasteiger charge is 2.45. The summed E-state index contributed by atoms with van der Waals surface area (Å²) < 4.78 is 0. The van der Waals surface area contributed by atoms with Crippen LogP contribution in [0.3, 0.4) is 0 Å². The van der Waals surface area contributed by atoms with Crippen molar-refractivity contribution in [1.82, 2.24) is 35.0 Å². The number of aromatic nitrogens is 3. The molecule has 0 bridgehead atoms. The van der Waals surface area contributed by atoms with Gasteiger partial charge >= 0.3 is 0 Å². The van der Waals surface area contributed by atoms with Crippen molar-refractivity contribution in [2.24, 2.45) is 5.92 Å². The molecule has 61 heavy (non-hydrogen) atoms. The molecule has 0 spiro atoms. The van der Waals surface area contributed by atoms with E-state index < -0.39 is 29.7 Å². The first-order valence-electron chi connectivity index (χ1n) is 21.3. The van der Waals surface area contributed by atoms with Gasteiger partial charge in [0.05, 0.1) is 29.6 Å². The van der Waals surface area contributed by atoms with Gasteiger partial charge in [0, 0.05) is 113 Å². The second-order valence-electron chi connectivity index (χ2n) is 17.0. The van der Waals surface area contributed by atoms with E-state index in [2.05, 4.69) is 48.6 Å². The molecule has 0 saturated carbocycles. The lowest BCUT2D eigenvalue weighted by Crippen LogP contribution is -2.58. The van der Waals surface area contributed by atoms with E-state index in [0.717, 1.165) is 85.9 Å². The predicted octanol–water partition coefficient (Wildman–Crippen LogP) is 3.68. The number of nitrogens with one attached hydrogen (secondary N) is 1. The lowest BCUT2D eigenvalue weighted by molar-refractivity contribution is -0.136. The average Bonchev–Trinajstić information content (AvgIpc) is 3.52. The molecule has 5 aliphatic heterocycles. The maximum atomic E-state index is 13.6. The maximum Gasteiger partial charge on any atom is 0.262 e. The summed E-state index contributed by atoms with van der Waals surface area (Å²) in [6.07, 6.45) is 7.83. The van der Waals surface area contributed by atoms with Gasteiger partial charge in [-0.05, 0) is 74.9 Å². The Morgan fingerprint density at radius 1 is 0.836 bits per heavy atom. The molecule has 0 radical (unpaired) electrons. The van der Waals surface area contributed by atoms with Crippen molar-refractivity contribution < 1.29 is 24.0 Å². The van der Waals surface area contributed by atoms with Gasteiger partial charge in [-0.25, -0.2) is 14.8 Å². The zero-order valence-electron chi connectivity index (χ0n) is 34.5. The molecule has 9 rings (SSSR count). The summed E-state index contributed by atoms with van der Waals surface area (Å²) in [5.74, 6) is -0.673. The number of nitrogens with zero attached hydrogens (tertiary/aromatic N) is 10. The number of carbonyl (C=O) groups excluding carboxylic acids is 5. The van der Waals surface area contributed by atoms with E-state index in [4.69, 9.17) is 16.5 Å². The fraction of sp³-hybridized carbons (Fsp3) is 0.444. The number of pyridine rings is 1. The molecule has 2 aromatic carbocycles. The molecule has 1 N–H and O–H groups in total. The zero-order valence-corrected chi connectivity index (χ0v) is 34.5. The molecular formula is C45H49N11O5. The summed E-state index contributed by atoms with van der Waals surface area (Å²) in [6, 6.07) is 12.2. The lowest BCUT2D eigenvalue weighted by atomic mass is 9.96. The van der Waals surface area contributed by atoms with Crippen molar-refractivity contribution in [3.8, 4) is 0 Å². The molecule has 2 aromatic heterocycles. The van der Waals surface area contributed by atoms with Crippen molar-refractivity contribution >= 4 is 63.4 Å². The molecular weight excluding hydrogens is 775 g/mol. The first kappa shape index (κ1) is 40.0. The molecule has 314 valence electrons. The number of piperazine rings is 2. The van der Waals surface area contributed by atoms with Crippen LogP contribution < -0.4 is 20.0 Å². The minimum absolute atomic E-state index is 0.00678. The first-order chi connectivity index (χ1) is 29.6. The van der Waals surface area contributed by atoms with Gasteiger partial charge in [-0.2, -0.15) is 0 Å². The molecule has 5 aliphatic rings. The van der Waals surface area contributed by atoms with Gasteiger partial charge in [-0.3, -0.25) is 44.1 Å². The summed E-state index contributed by atoms with van der Waals surface area (Å²) in [5.41, 5.74) is 4.54. The van der Waals surface area contributed by atoms with Crippen LogP contribution in [0, 0.1) is 12.5 Å². The molecule has 4 aromatic rings. The Labute approximate surface area is 354 Å². The number of carbonyl (C=O) groups is 5. The molecule has 16 heteroatoms. The Morgan fingerprint density at radius 3 is 2.33 bits per heavy atom. The third-order valence-electron chi connectivity index (χ3n) is 13.1. The number of rotatable bonds is 8. The van der Waals surface area contributed by atoms with Crippen LogP contribution in [0.1, 0.15) is 65.8 Å². The SMILES string of the molecule is [C-]#[N+]c1ccc(N2C[C@@H](C)N(C(=O)Cc3cnc(N4CCC(CN5CCN(c6ccc7c(c6)C(=O)N(C6CCC(=O)NC6=O)C7=O)CC5)CC4)nc3)C[C@@H]2C)c2cccnc12. The predicted molar refractivity (Wildman–Crippen MR) is 228 cm³/mol. The first-order valence-corrected chi connectivity index (χ1v) is 21.3. The minimum Gasteiger partial charge on any atom is -0.369 e. The lowest BCUT2D eigenvalue weighted by Gasteiger charge is -2.45. The van der Waals surface area contributed by atoms with Crippen LogP contribution in [0.15, 0.2) is 61.1 Å². The van der Waals surface area contributed by atoms with Crippen molar-refractivity contribution in [3.05, 3.63) is 89.2 Å². The van der Waals surface area contributed by atoms with Crippen molar-refractivity contribution in [2.75, 3.05) is 73.6 Å². The van der Waals surface area contributed by atoms with E-state index >= 15 is 0 Å². The largest absolute Gasteiger partial charge is 0.369 e. The molecule has 4 fully saturated rings. The van der Waals surface area contributed by atoms with Gasteiger partial charge < -0.3 is 19.6 Å². The average molecular weight is 824 g/mol. The molecule has 1 unspecified atom stereocenters. The number of fused-ring (bicyclic) bond motifs is 2. The second-order valence-corrected chi connectivity index (χ2v) is 17.0. The van der Waals surface area contributed by atoms with Crippen LogP contribution >= 0.6 is 0 Å². The van der Waals surface area contributed by atoms with Crippen LogP contribution in [0.2, 0.25) is 0 Å². The number of amides is 5. The number of piperidine rings is 2. The van der Waals surface area contributed by atoms with Crippen molar-refractivity contribution in [2.45, 2.75) is 64.1 Å². The molecule has 16 nitrogen and oxygen atoms in total. The Bertz CT molecular complexity index is 2440. The van der Waals surface area contributed by atoms with Gasteiger partial charge in [0.2, 0.25) is 29.4 Å². The molecule has 0 aliphatic carbocycles. The molecule has 7 heterocycles. The van der Waals surface area contributed by atoms with Gasteiger partial charge in [0.15, 0.2) is 0 Å². The van der Waals surface area contributed by atoms with Gasteiger partial charge in [0.1, 0.15) is 6.04 Å². The standard InChI is InChI=1S/C45H49N11O5/c1-28-26-55(29(2)25-54(28)37-9-8-36(46-3)41-34(37)5-4-14-47-41)40(58)21-31-23-48-45(49-24-31)53-15-12-30(13-16-53)27-51-17-19-52(20-18-51)32-6-7-33-35(22-32)44(61)56(43(33)60)38-10-11-39(57)50-42(38)59/h4-9,14,22-24,28-30,38H,10-13,15-21,25-27H2,1-2H3,(H,50,57,59)/t28-,29+,38?/m0/s1.